The van der Waals surface area contributed by atoms with E-state index in [0.717, 1.165) is 0 Å². The normalized spacial score (nSPS) is 14.0. The van der Waals surface area contributed by atoms with Crippen molar-refractivity contribution in [3.8, 4) is 11.5 Å². The summed E-state index contributed by atoms with van der Waals surface area (Å²) in [7, 11) is -0.899. The maximum absolute atomic E-state index is 12.5. The summed E-state index contributed by atoms with van der Waals surface area (Å²) in [6, 6.07) is 13.2. The Balaban J connectivity index is 2.20. The van der Waals surface area contributed by atoms with Crippen LogP contribution in [-0.2, 0) is 15.6 Å². The first kappa shape index (κ1) is 18.3. The lowest BCUT2D eigenvalue weighted by atomic mass is 9.97. The van der Waals surface area contributed by atoms with E-state index in [-0.39, 0.29) is 11.4 Å². The maximum atomic E-state index is 12.5. The van der Waals surface area contributed by atoms with E-state index in [2.05, 4.69) is 4.72 Å². The van der Waals surface area contributed by atoms with Crippen LogP contribution in [-0.4, -0.2) is 34.3 Å². The molecule has 0 saturated carbocycles. The van der Waals surface area contributed by atoms with Gasteiger partial charge in [-0.15, -0.1) is 0 Å². The number of methoxy groups -OCH3 is 2. The number of aliphatic hydroxyl groups is 1. The molecule has 0 aliphatic carbocycles. The van der Waals surface area contributed by atoms with Gasteiger partial charge in [-0.1, -0.05) is 30.3 Å². The molecule has 130 valence electrons. The molecule has 2 N–H and O–H groups in total. The molecule has 0 bridgehead atoms. The van der Waals surface area contributed by atoms with Crippen LogP contribution >= 0.6 is 0 Å². The third-order valence-corrected chi connectivity index (χ3v) is 5.07. The van der Waals surface area contributed by atoms with Crippen LogP contribution in [0.2, 0.25) is 0 Å². The second-order valence-corrected chi connectivity index (χ2v) is 7.25. The smallest absolute Gasteiger partial charge is 0.240 e. The molecule has 0 heterocycles. The number of hydrogen-bond donors (Lipinski definition) is 2. The van der Waals surface area contributed by atoms with E-state index in [1.165, 1.54) is 32.4 Å². The highest BCUT2D eigenvalue weighted by atomic mass is 32.2. The van der Waals surface area contributed by atoms with Crippen LogP contribution in [0.15, 0.2) is 53.4 Å². The highest BCUT2D eigenvalue weighted by molar-refractivity contribution is 7.89. The zero-order valence-corrected chi connectivity index (χ0v) is 14.6. The van der Waals surface area contributed by atoms with Crippen LogP contribution in [0.25, 0.3) is 0 Å². The molecule has 2 rings (SSSR count). The lowest BCUT2D eigenvalue weighted by Gasteiger charge is -2.24. The summed E-state index contributed by atoms with van der Waals surface area (Å²) in [5.74, 6) is 0.753. The number of nitrogens with one attached hydrogen (secondary N) is 1. The Hall–Kier alpha value is -2.09. The zero-order valence-electron chi connectivity index (χ0n) is 13.8. The summed E-state index contributed by atoms with van der Waals surface area (Å²) in [5.41, 5.74) is -0.703. The van der Waals surface area contributed by atoms with Gasteiger partial charge >= 0.3 is 0 Å². The van der Waals surface area contributed by atoms with Gasteiger partial charge in [0.05, 0.1) is 19.1 Å². The quantitative estimate of drug-likeness (QED) is 0.796. The van der Waals surface area contributed by atoms with Crippen LogP contribution in [0.4, 0.5) is 0 Å². The minimum Gasteiger partial charge on any atom is -0.493 e. The van der Waals surface area contributed by atoms with Gasteiger partial charge in [-0.2, -0.15) is 0 Å². The van der Waals surface area contributed by atoms with Crippen LogP contribution in [0.5, 0.6) is 11.5 Å². The van der Waals surface area contributed by atoms with E-state index >= 15 is 0 Å². The van der Waals surface area contributed by atoms with E-state index in [1.54, 1.807) is 31.2 Å². The van der Waals surface area contributed by atoms with Crippen LogP contribution in [0, 0.1) is 0 Å². The Labute approximate surface area is 142 Å². The Morgan fingerprint density at radius 2 is 1.67 bits per heavy atom. The van der Waals surface area contributed by atoms with Crippen molar-refractivity contribution in [2.75, 3.05) is 20.8 Å². The van der Waals surface area contributed by atoms with Gasteiger partial charge in [0.15, 0.2) is 11.5 Å². The molecule has 1 atom stereocenters. The number of benzene rings is 2. The molecule has 6 nitrogen and oxygen atoms in total. The second kappa shape index (κ2) is 7.21. The predicted octanol–water partition coefficient (Wildman–Crippen LogP) is 1.89. The average Bonchev–Trinajstić information content (AvgIpc) is 2.60. The van der Waals surface area contributed by atoms with E-state index in [9.17, 15) is 13.5 Å². The Morgan fingerprint density at radius 3 is 2.25 bits per heavy atom. The van der Waals surface area contributed by atoms with Gasteiger partial charge in [0.2, 0.25) is 10.0 Å². The number of hydrogen-bond acceptors (Lipinski definition) is 5. The monoisotopic (exact) mass is 351 g/mol. The summed E-state index contributed by atoms with van der Waals surface area (Å²) in [4.78, 5) is 0.0315. The molecule has 0 amide bonds. The highest BCUT2D eigenvalue weighted by Crippen LogP contribution is 2.29. The molecule has 0 unspecified atom stereocenters. The van der Waals surface area contributed by atoms with Crippen molar-refractivity contribution < 1.29 is 23.0 Å². The minimum atomic E-state index is -3.80. The first-order valence-corrected chi connectivity index (χ1v) is 8.78. The SMILES string of the molecule is COc1ccc(S(=O)(=O)NC[C@@](C)(O)c2ccccc2)cc1OC. The van der Waals surface area contributed by atoms with Crippen LogP contribution < -0.4 is 14.2 Å². The molecule has 0 spiro atoms. The summed E-state index contributed by atoms with van der Waals surface area (Å²) < 4.78 is 37.6. The lowest BCUT2D eigenvalue weighted by molar-refractivity contribution is 0.0627. The molecule has 0 aliphatic rings. The van der Waals surface area contributed by atoms with Crippen molar-refractivity contribution in [1.29, 1.82) is 0 Å². The summed E-state index contributed by atoms with van der Waals surface area (Å²) >= 11 is 0. The van der Waals surface area contributed by atoms with Gasteiger partial charge in [0.1, 0.15) is 5.60 Å². The van der Waals surface area contributed by atoms with Crippen molar-refractivity contribution in [3.05, 3.63) is 54.1 Å². The second-order valence-electron chi connectivity index (χ2n) is 5.48. The van der Waals surface area contributed by atoms with Crippen molar-refractivity contribution in [3.63, 3.8) is 0 Å². The van der Waals surface area contributed by atoms with Gasteiger partial charge in [0.25, 0.3) is 0 Å². The number of sulfonamides is 1. The third-order valence-electron chi connectivity index (χ3n) is 3.67. The van der Waals surface area contributed by atoms with E-state index < -0.39 is 15.6 Å². The molecule has 0 saturated heterocycles. The number of rotatable bonds is 7. The molecular weight excluding hydrogens is 330 g/mol. The predicted molar refractivity (Wildman–Crippen MR) is 90.7 cm³/mol. The molecule has 2 aromatic rings. The molecule has 0 aliphatic heterocycles. The maximum Gasteiger partial charge on any atom is 0.240 e. The first-order chi connectivity index (χ1) is 11.3. The average molecular weight is 351 g/mol. The Bertz CT molecular complexity index is 788. The minimum absolute atomic E-state index is 0.0315. The van der Waals surface area contributed by atoms with Gasteiger partial charge in [-0.05, 0) is 24.6 Å². The molecule has 0 radical (unpaired) electrons. The molecule has 0 aromatic heterocycles. The zero-order chi connectivity index (χ0) is 17.8. The van der Waals surface area contributed by atoms with Crippen molar-refractivity contribution in [1.82, 2.24) is 4.72 Å². The molecule has 0 fully saturated rings. The van der Waals surface area contributed by atoms with Crippen molar-refractivity contribution in [2.24, 2.45) is 0 Å². The summed E-state index contributed by atoms with van der Waals surface area (Å²) in [5, 5.41) is 10.5. The Morgan fingerprint density at radius 1 is 1.04 bits per heavy atom. The molecule has 2 aromatic carbocycles. The summed E-state index contributed by atoms with van der Waals surface area (Å²) in [6.45, 7) is 1.40. The Kier molecular flexibility index (Phi) is 5.48. The van der Waals surface area contributed by atoms with E-state index in [1.807, 2.05) is 6.07 Å². The number of ether oxygens (including phenoxy) is 2. The fourth-order valence-electron chi connectivity index (χ4n) is 2.20. The van der Waals surface area contributed by atoms with Crippen molar-refractivity contribution >= 4 is 10.0 Å². The highest BCUT2D eigenvalue weighted by Gasteiger charge is 2.26. The van der Waals surface area contributed by atoms with Gasteiger partial charge < -0.3 is 14.6 Å². The molecule has 24 heavy (non-hydrogen) atoms. The van der Waals surface area contributed by atoms with Crippen LogP contribution in [0.1, 0.15) is 12.5 Å². The summed E-state index contributed by atoms with van der Waals surface area (Å²) in [6.07, 6.45) is 0. The van der Waals surface area contributed by atoms with Gasteiger partial charge in [-0.25, -0.2) is 13.1 Å². The lowest BCUT2D eigenvalue weighted by Crippen LogP contribution is -2.38. The van der Waals surface area contributed by atoms with Gasteiger partial charge in [-0.3, -0.25) is 0 Å². The van der Waals surface area contributed by atoms with Crippen LogP contribution in [0.3, 0.4) is 0 Å². The first-order valence-electron chi connectivity index (χ1n) is 7.30. The topological polar surface area (TPSA) is 84.9 Å². The van der Waals surface area contributed by atoms with E-state index in [4.69, 9.17) is 9.47 Å². The fraction of sp³-hybridized carbons (Fsp3) is 0.294. The molecule has 7 heteroatoms. The third kappa shape index (κ3) is 4.05. The van der Waals surface area contributed by atoms with Gasteiger partial charge in [0, 0.05) is 12.6 Å². The fourth-order valence-corrected chi connectivity index (χ4v) is 3.35. The van der Waals surface area contributed by atoms with E-state index in [0.29, 0.717) is 17.1 Å². The standard InChI is InChI=1S/C17H21NO5S/c1-17(19,13-7-5-4-6-8-13)12-18-24(20,21)14-9-10-15(22-2)16(11-14)23-3/h4-11,18-19H,12H2,1-3H3/t17-/m1/s1. The molecular formula is C17H21NO5S. The van der Waals surface area contributed by atoms with Crippen molar-refractivity contribution in [2.45, 2.75) is 17.4 Å². The largest absolute Gasteiger partial charge is 0.493 e.